The van der Waals surface area contributed by atoms with Crippen molar-refractivity contribution < 1.29 is 14.7 Å². The third-order valence-electron chi connectivity index (χ3n) is 5.72. The highest BCUT2D eigenvalue weighted by molar-refractivity contribution is 5.98. The first-order valence-electron chi connectivity index (χ1n) is 10.4. The lowest BCUT2D eigenvalue weighted by atomic mass is 9.80. The SMILES string of the molecule is CCC1C(C)C(Nc2cc(C)ccn2)c2cc(C(=O)NCCO)ccc2N1C(C)=O. The van der Waals surface area contributed by atoms with Crippen LogP contribution in [0.3, 0.4) is 0 Å². The van der Waals surface area contributed by atoms with E-state index in [0.717, 1.165) is 29.1 Å². The van der Waals surface area contributed by atoms with Crippen molar-refractivity contribution in [2.75, 3.05) is 23.4 Å². The molecule has 0 radical (unpaired) electrons. The Morgan fingerprint density at radius 2 is 2.00 bits per heavy atom. The van der Waals surface area contributed by atoms with Gasteiger partial charge in [-0.05, 0) is 54.8 Å². The molecule has 1 aromatic heterocycles. The molecule has 0 bridgehead atoms. The van der Waals surface area contributed by atoms with Gasteiger partial charge in [0.25, 0.3) is 5.91 Å². The van der Waals surface area contributed by atoms with Gasteiger partial charge in [-0.3, -0.25) is 9.59 Å². The average Bonchev–Trinajstić information content (AvgIpc) is 2.72. The van der Waals surface area contributed by atoms with E-state index in [1.54, 1.807) is 19.2 Å². The third-order valence-corrected chi connectivity index (χ3v) is 5.72. The Labute approximate surface area is 177 Å². The van der Waals surface area contributed by atoms with E-state index < -0.39 is 0 Å². The van der Waals surface area contributed by atoms with Gasteiger partial charge in [0.2, 0.25) is 5.91 Å². The van der Waals surface area contributed by atoms with Crippen molar-refractivity contribution in [2.24, 2.45) is 5.92 Å². The molecule has 1 aromatic carbocycles. The smallest absolute Gasteiger partial charge is 0.251 e. The van der Waals surface area contributed by atoms with Crippen LogP contribution >= 0.6 is 0 Å². The molecule has 0 saturated heterocycles. The van der Waals surface area contributed by atoms with Crippen molar-refractivity contribution in [3.63, 3.8) is 0 Å². The number of carbonyl (C=O) groups excluding carboxylic acids is 2. The van der Waals surface area contributed by atoms with Crippen molar-refractivity contribution in [2.45, 2.75) is 46.2 Å². The number of anilines is 2. The maximum absolute atomic E-state index is 12.5. The molecule has 7 heteroatoms. The van der Waals surface area contributed by atoms with E-state index in [1.807, 2.05) is 36.1 Å². The number of hydrogen-bond acceptors (Lipinski definition) is 5. The maximum Gasteiger partial charge on any atom is 0.251 e. The minimum absolute atomic E-state index is 0.0143. The number of rotatable bonds is 6. The van der Waals surface area contributed by atoms with Gasteiger partial charge in [-0.25, -0.2) is 4.98 Å². The van der Waals surface area contributed by atoms with Crippen LogP contribution in [0.25, 0.3) is 0 Å². The Kier molecular flexibility index (Phi) is 6.72. The van der Waals surface area contributed by atoms with Gasteiger partial charge in [-0.15, -0.1) is 0 Å². The molecular weight excluding hydrogens is 380 g/mol. The average molecular weight is 411 g/mol. The summed E-state index contributed by atoms with van der Waals surface area (Å²) in [6.07, 6.45) is 2.59. The molecule has 1 aliphatic heterocycles. The lowest BCUT2D eigenvalue weighted by Gasteiger charge is -2.45. The highest BCUT2D eigenvalue weighted by atomic mass is 16.3. The van der Waals surface area contributed by atoms with Crippen molar-refractivity contribution in [1.29, 1.82) is 0 Å². The van der Waals surface area contributed by atoms with Gasteiger partial charge in [0, 0.05) is 42.9 Å². The molecule has 0 spiro atoms. The van der Waals surface area contributed by atoms with Crippen LogP contribution in [0.15, 0.2) is 36.5 Å². The van der Waals surface area contributed by atoms with E-state index in [1.165, 1.54) is 0 Å². The summed E-state index contributed by atoms with van der Waals surface area (Å²) in [5.41, 5.74) is 3.31. The van der Waals surface area contributed by atoms with Crippen molar-refractivity contribution in [3.05, 3.63) is 53.2 Å². The largest absolute Gasteiger partial charge is 0.395 e. The van der Waals surface area contributed by atoms with Crippen LogP contribution in [0.4, 0.5) is 11.5 Å². The van der Waals surface area contributed by atoms with Crippen molar-refractivity contribution >= 4 is 23.3 Å². The molecule has 0 aliphatic carbocycles. The fourth-order valence-electron chi connectivity index (χ4n) is 4.30. The van der Waals surface area contributed by atoms with Gasteiger partial charge in [0.15, 0.2) is 0 Å². The first-order chi connectivity index (χ1) is 14.4. The minimum atomic E-state index is -0.251. The second-order valence-electron chi connectivity index (χ2n) is 7.82. The lowest BCUT2D eigenvalue weighted by molar-refractivity contribution is -0.117. The summed E-state index contributed by atoms with van der Waals surface area (Å²) in [5, 5.41) is 15.2. The van der Waals surface area contributed by atoms with Crippen LogP contribution in [0, 0.1) is 12.8 Å². The number of fused-ring (bicyclic) bond motifs is 1. The minimum Gasteiger partial charge on any atom is -0.395 e. The first-order valence-corrected chi connectivity index (χ1v) is 10.4. The summed E-state index contributed by atoms with van der Waals surface area (Å²) in [5.74, 6) is 0.599. The van der Waals surface area contributed by atoms with Gasteiger partial charge in [0.05, 0.1) is 12.6 Å². The molecule has 2 heterocycles. The molecule has 0 fully saturated rings. The molecule has 2 aromatic rings. The molecule has 7 nitrogen and oxygen atoms in total. The zero-order valence-electron chi connectivity index (χ0n) is 18.0. The summed E-state index contributed by atoms with van der Waals surface area (Å²) in [6.45, 7) is 7.88. The van der Waals surface area contributed by atoms with E-state index in [-0.39, 0.29) is 43.0 Å². The second kappa shape index (κ2) is 9.26. The van der Waals surface area contributed by atoms with Gasteiger partial charge < -0.3 is 20.6 Å². The first kappa shape index (κ1) is 21.8. The summed E-state index contributed by atoms with van der Waals surface area (Å²) >= 11 is 0. The Morgan fingerprint density at radius 1 is 1.23 bits per heavy atom. The number of aromatic nitrogens is 1. The topological polar surface area (TPSA) is 94.6 Å². The van der Waals surface area contributed by atoms with Crippen LogP contribution < -0.4 is 15.5 Å². The number of amides is 2. The molecule has 3 atom stereocenters. The van der Waals surface area contributed by atoms with Gasteiger partial charge in [-0.1, -0.05) is 13.8 Å². The summed E-state index contributed by atoms with van der Waals surface area (Å²) < 4.78 is 0. The van der Waals surface area contributed by atoms with Crippen molar-refractivity contribution in [1.82, 2.24) is 10.3 Å². The summed E-state index contributed by atoms with van der Waals surface area (Å²) in [6, 6.07) is 9.27. The number of aliphatic hydroxyl groups is 1. The Balaban J connectivity index is 2.08. The van der Waals surface area contributed by atoms with Gasteiger partial charge in [0.1, 0.15) is 5.82 Å². The van der Waals surface area contributed by atoms with Crippen molar-refractivity contribution in [3.8, 4) is 0 Å². The fraction of sp³-hybridized carbons (Fsp3) is 0.435. The van der Waals surface area contributed by atoms with Crippen LogP contribution in [0.2, 0.25) is 0 Å². The van der Waals surface area contributed by atoms with E-state index in [2.05, 4.69) is 29.5 Å². The number of nitrogens with one attached hydrogen (secondary N) is 2. The van der Waals surface area contributed by atoms with E-state index in [4.69, 9.17) is 5.11 Å². The maximum atomic E-state index is 12.5. The number of pyridine rings is 1. The Morgan fingerprint density at radius 3 is 2.63 bits per heavy atom. The van der Waals surface area contributed by atoms with E-state index in [0.29, 0.717) is 5.56 Å². The van der Waals surface area contributed by atoms with E-state index >= 15 is 0 Å². The predicted octanol–water partition coefficient (Wildman–Crippen LogP) is 3.05. The van der Waals surface area contributed by atoms with E-state index in [9.17, 15) is 9.59 Å². The monoisotopic (exact) mass is 410 g/mol. The number of carbonyl (C=O) groups is 2. The molecule has 3 N–H and O–H groups in total. The molecule has 3 rings (SSSR count). The van der Waals surface area contributed by atoms with Crippen LogP contribution in [-0.2, 0) is 4.79 Å². The second-order valence-corrected chi connectivity index (χ2v) is 7.82. The Bertz CT molecular complexity index is 930. The highest BCUT2D eigenvalue weighted by Crippen LogP contribution is 2.43. The quantitative estimate of drug-likeness (QED) is 0.680. The number of benzene rings is 1. The molecule has 2 amide bonds. The third kappa shape index (κ3) is 4.31. The Hall–Kier alpha value is -2.93. The molecule has 1 aliphatic rings. The zero-order valence-corrected chi connectivity index (χ0v) is 18.0. The molecule has 3 unspecified atom stereocenters. The van der Waals surface area contributed by atoms with Crippen LogP contribution in [0.1, 0.15) is 54.7 Å². The number of hydrogen-bond donors (Lipinski definition) is 3. The lowest BCUT2D eigenvalue weighted by Crippen LogP contribution is -2.49. The standard InChI is InChI=1S/C23H30N4O3/c1-5-19-15(3)22(26-21-12-14(2)8-9-24-21)18-13-17(23(30)25-10-11-28)6-7-20(18)27(19)16(4)29/h6-9,12-13,15,19,22,28H,5,10-11H2,1-4H3,(H,24,26)(H,25,30). The number of aryl methyl sites for hydroxylation is 1. The molecule has 0 saturated carbocycles. The predicted molar refractivity (Wildman–Crippen MR) is 118 cm³/mol. The normalized spacial score (nSPS) is 20.4. The van der Waals surface area contributed by atoms with Gasteiger partial charge in [-0.2, -0.15) is 0 Å². The zero-order chi connectivity index (χ0) is 21.8. The highest BCUT2D eigenvalue weighted by Gasteiger charge is 2.40. The number of nitrogens with zero attached hydrogens (tertiary/aromatic N) is 2. The molecule has 160 valence electrons. The van der Waals surface area contributed by atoms with Gasteiger partial charge >= 0.3 is 0 Å². The van der Waals surface area contributed by atoms with Crippen LogP contribution in [-0.4, -0.2) is 41.1 Å². The number of aliphatic hydroxyl groups excluding tert-OH is 1. The molecular formula is C23H30N4O3. The summed E-state index contributed by atoms with van der Waals surface area (Å²) in [4.78, 5) is 31.3. The summed E-state index contributed by atoms with van der Waals surface area (Å²) in [7, 11) is 0. The molecule has 30 heavy (non-hydrogen) atoms. The van der Waals surface area contributed by atoms with Crippen LogP contribution in [0.5, 0.6) is 0 Å². The fourth-order valence-corrected chi connectivity index (χ4v) is 4.30.